The van der Waals surface area contributed by atoms with Crippen LogP contribution in [0.5, 0.6) is 0 Å². The fourth-order valence-corrected chi connectivity index (χ4v) is 0.410. The minimum Gasteiger partial charge on any atom is -0.271 e. The van der Waals surface area contributed by atoms with E-state index >= 15 is 0 Å². The van der Waals surface area contributed by atoms with Gasteiger partial charge in [-0.3, -0.25) is 9.78 Å². The molecule has 1 N–H and O–H groups in total. The summed E-state index contributed by atoms with van der Waals surface area (Å²) < 4.78 is 1.04. The van der Waals surface area contributed by atoms with Gasteiger partial charge in [-0.25, -0.2) is 9.48 Å². The predicted molar refractivity (Wildman–Crippen MR) is 30.1 cm³/mol. The summed E-state index contributed by atoms with van der Waals surface area (Å²) in [4.78, 5) is 22.8. The summed E-state index contributed by atoms with van der Waals surface area (Å²) in [6.07, 6.45) is 1.04. The van der Waals surface area contributed by atoms with Crippen molar-refractivity contribution in [1.82, 2.24) is 14.8 Å². The minimum absolute atomic E-state index is 0.474. The van der Waals surface area contributed by atoms with Crippen LogP contribution >= 0.6 is 0 Å². The van der Waals surface area contributed by atoms with Crippen molar-refractivity contribution >= 4 is 0 Å². The Bertz CT molecular complexity index is 310. The molecule has 0 aliphatic heterocycles. The number of aromatic nitrogens is 3. The first-order valence-electron chi connectivity index (χ1n) is 2.33. The van der Waals surface area contributed by atoms with Crippen LogP contribution in [0.15, 0.2) is 15.8 Å². The van der Waals surface area contributed by atoms with Crippen LogP contribution in [0.4, 0.5) is 0 Å². The number of hydrogen-bond donors (Lipinski definition) is 1. The summed E-state index contributed by atoms with van der Waals surface area (Å²) >= 11 is 0. The summed E-state index contributed by atoms with van der Waals surface area (Å²) in [7, 11) is 1.46. The average molecular weight is 129 g/mol. The first kappa shape index (κ1) is 5.74. The van der Waals surface area contributed by atoms with Gasteiger partial charge < -0.3 is 0 Å². The Balaban J connectivity index is 3.52. The van der Waals surface area contributed by atoms with Gasteiger partial charge in [0.25, 0.3) is 5.56 Å². The summed E-state index contributed by atoms with van der Waals surface area (Å²) in [5, 5.41) is 3.44. The van der Waals surface area contributed by atoms with E-state index in [0.717, 1.165) is 10.9 Å². The van der Waals surface area contributed by atoms with Crippen molar-refractivity contribution in [3.05, 3.63) is 27.0 Å². The van der Waals surface area contributed by atoms with Crippen molar-refractivity contribution in [3.8, 4) is 0 Å². The standard InChI is InChI=1S/C4H5N3O2/c1-7-4(9)6-3(8)2-5-7/h2H,1H3,(H,6,8,9)/i4+2. The van der Waals surface area contributed by atoms with Crippen LogP contribution in [-0.2, 0) is 7.05 Å². The van der Waals surface area contributed by atoms with Crippen LogP contribution in [-0.4, -0.2) is 14.8 Å². The fourth-order valence-electron chi connectivity index (χ4n) is 0.410. The summed E-state index contributed by atoms with van der Waals surface area (Å²) in [5.74, 6) is 0. The number of aryl methyl sites for hydroxylation is 1. The highest BCUT2D eigenvalue weighted by Crippen LogP contribution is 1.51. The first-order valence-corrected chi connectivity index (χ1v) is 2.33. The summed E-state index contributed by atoms with van der Waals surface area (Å²) in [6, 6.07) is 0. The third-order valence-corrected chi connectivity index (χ3v) is 0.872. The molecule has 0 atom stereocenters. The number of aromatic amines is 1. The Morgan fingerprint density at radius 2 is 2.56 bits per heavy atom. The molecule has 0 spiro atoms. The molecule has 0 aliphatic rings. The second-order valence-electron chi connectivity index (χ2n) is 1.56. The zero-order valence-electron chi connectivity index (χ0n) is 4.79. The number of rotatable bonds is 0. The molecule has 48 valence electrons. The monoisotopic (exact) mass is 129 g/mol. The number of nitrogens with one attached hydrogen (secondary N) is 1. The van der Waals surface area contributed by atoms with Crippen LogP contribution in [0, 0.1) is 0 Å². The van der Waals surface area contributed by atoms with Gasteiger partial charge in [-0.2, -0.15) is 5.10 Å². The highest BCUT2D eigenvalue weighted by Gasteiger charge is 1.87. The summed E-state index contributed by atoms with van der Waals surface area (Å²) in [5.41, 5.74) is -0.972. The number of nitrogens with zero attached hydrogens (tertiary/aromatic N) is 2. The van der Waals surface area contributed by atoms with Gasteiger partial charge >= 0.3 is 5.69 Å². The van der Waals surface area contributed by atoms with Gasteiger partial charge in [0.05, 0.1) is 0 Å². The van der Waals surface area contributed by atoms with E-state index < -0.39 is 11.2 Å². The Morgan fingerprint density at radius 3 is 3.00 bits per heavy atom. The topological polar surface area (TPSA) is 67.8 Å². The molecule has 1 aromatic rings. The van der Waals surface area contributed by atoms with Gasteiger partial charge in [-0.15, -0.1) is 0 Å². The molecule has 1 rings (SSSR count). The Morgan fingerprint density at radius 1 is 1.89 bits per heavy atom. The molecule has 1 heterocycles. The molecule has 9 heavy (non-hydrogen) atoms. The summed E-state index contributed by atoms with van der Waals surface area (Å²) in [6.45, 7) is 0. The molecular formula is C4H5N3O2. The molecule has 0 saturated heterocycles. The lowest BCUT2D eigenvalue weighted by molar-refractivity contribution is 0.665. The lowest BCUT2D eigenvalue weighted by atomic mass is 10.9. The van der Waals surface area contributed by atoms with E-state index in [0.29, 0.717) is 0 Å². The molecule has 5 heteroatoms. The van der Waals surface area contributed by atoms with Crippen molar-refractivity contribution in [2.45, 2.75) is 0 Å². The van der Waals surface area contributed by atoms with Crippen molar-refractivity contribution < 1.29 is 0 Å². The smallest absolute Gasteiger partial charge is 0.271 e. The maximum Gasteiger partial charge on any atom is 0.344 e. The van der Waals surface area contributed by atoms with E-state index in [1.54, 1.807) is 0 Å². The van der Waals surface area contributed by atoms with Gasteiger partial charge in [0.1, 0.15) is 6.20 Å². The van der Waals surface area contributed by atoms with Crippen LogP contribution in [0.2, 0.25) is 0 Å². The van der Waals surface area contributed by atoms with Crippen molar-refractivity contribution in [1.29, 1.82) is 0 Å². The van der Waals surface area contributed by atoms with E-state index in [9.17, 15) is 9.59 Å². The van der Waals surface area contributed by atoms with Crippen LogP contribution < -0.4 is 11.2 Å². The van der Waals surface area contributed by atoms with Gasteiger partial charge in [-0.1, -0.05) is 0 Å². The number of hydrogen-bond acceptors (Lipinski definition) is 3. The molecule has 0 unspecified atom stereocenters. The predicted octanol–water partition coefficient (Wildman–Crippen LogP) is -1.53. The normalized spacial score (nSPS) is 9.44. The fraction of sp³-hybridized carbons (Fsp3) is 0.250. The third kappa shape index (κ3) is 1.04. The van der Waals surface area contributed by atoms with E-state index in [2.05, 4.69) is 5.10 Å². The number of H-pyrrole nitrogens is 1. The van der Waals surface area contributed by atoms with Crippen LogP contribution in [0.3, 0.4) is 0 Å². The quantitative estimate of drug-likeness (QED) is 0.462. The van der Waals surface area contributed by atoms with Crippen molar-refractivity contribution in [2.75, 3.05) is 0 Å². The Kier molecular flexibility index (Phi) is 1.18. The second kappa shape index (κ2) is 1.85. The molecule has 0 fully saturated rings. The molecule has 0 bridgehead atoms. The molecule has 5 nitrogen and oxygen atoms in total. The van der Waals surface area contributed by atoms with Crippen LogP contribution in [0.25, 0.3) is 0 Å². The molecule has 0 saturated carbocycles. The van der Waals surface area contributed by atoms with Crippen LogP contribution in [0.1, 0.15) is 0 Å². The third-order valence-electron chi connectivity index (χ3n) is 0.872. The van der Waals surface area contributed by atoms with Crippen molar-refractivity contribution in [3.63, 3.8) is 0 Å². The van der Waals surface area contributed by atoms with Gasteiger partial charge in [0.2, 0.25) is 0 Å². The Hall–Kier alpha value is -1.39. The van der Waals surface area contributed by atoms with E-state index in [1.165, 1.54) is 7.05 Å². The van der Waals surface area contributed by atoms with E-state index in [-0.39, 0.29) is 0 Å². The van der Waals surface area contributed by atoms with E-state index in [1.807, 2.05) is 4.98 Å². The maximum atomic E-state index is 10.5. The zero-order valence-corrected chi connectivity index (χ0v) is 4.79. The first-order chi connectivity index (χ1) is 4.20. The lowest BCUT2D eigenvalue weighted by Crippen LogP contribution is -2.29. The van der Waals surface area contributed by atoms with E-state index in [4.69, 9.17) is 0 Å². The molecule has 1 aromatic heterocycles. The average Bonchev–Trinajstić information content (AvgIpc) is 1.80. The second-order valence-corrected chi connectivity index (χ2v) is 1.56. The highest BCUT2D eigenvalue weighted by atomic mass is 16.3. The minimum atomic E-state index is -0.498. The molecule has 0 radical (unpaired) electrons. The molecule has 0 amide bonds. The van der Waals surface area contributed by atoms with Gasteiger partial charge in [0.15, 0.2) is 0 Å². The van der Waals surface area contributed by atoms with Gasteiger partial charge in [0, 0.05) is 7.05 Å². The molecule has 0 aromatic carbocycles. The largest absolute Gasteiger partial charge is 0.344 e. The lowest BCUT2D eigenvalue weighted by Gasteiger charge is -1.88. The zero-order chi connectivity index (χ0) is 6.85. The van der Waals surface area contributed by atoms with Gasteiger partial charge in [-0.05, 0) is 0 Å². The van der Waals surface area contributed by atoms with Crippen molar-refractivity contribution in [2.24, 2.45) is 7.05 Å². The highest BCUT2D eigenvalue weighted by molar-refractivity contribution is 4.67. The Labute approximate surface area is 50.0 Å². The molecular weight excluding hydrogens is 124 g/mol. The maximum absolute atomic E-state index is 10.5. The molecule has 0 aliphatic carbocycles. The SMILES string of the molecule is Cn1ncc(=O)[nH][14c]1=O.